The lowest BCUT2D eigenvalue weighted by Crippen LogP contribution is -2.51. The molecule has 9 nitrogen and oxygen atoms in total. The molecule has 200 valence electrons. The van der Waals surface area contributed by atoms with Gasteiger partial charge < -0.3 is 24.4 Å². The molecule has 0 radical (unpaired) electrons. The summed E-state index contributed by atoms with van der Waals surface area (Å²) in [5.74, 6) is 9.56. The number of aryl methyl sites for hydroxylation is 1. The van der Waals surface area contributed by atoms with Crippen LogP contribution in [0.1, 0.15) is 49.0 Å². The van der Waals surface area contributed by atoms with E-state index in [1.165, 1.54) is 5.56 Å². The van der Waals surface area contributed by atoms with Crippen LogP contribution in [-0.2, 0) is 16.0 Å². The minimum atomic E-state index is -0.754. The van der Waals surface area contributed by atoms with E-state index in [-0.39, 0.29) is 12.0 Å². The van der Waals surface area contributed by atoms with Gasteiger partial charge in [-0.1, -0.05) is 23.2 Å². The van der Waals surface area contributed by atoms with Gasteiger partial charge in [-0.2, -0.15) is 0 Å². The molecule has 38 heavy (non-hydrogen) atoms. The molecule has 4 aliphatic heterocycles. The Morgan fingerprint density at radius 3 is 2.74 bits per heavy atom. The van der Waals surface area contributed by atoms with E-state index in [9.17, 15) is 9.35 Å². The van der Waals surface area contributed by atoms with Gasteiger partial charge in [-0.25, -0.2) is 9.97 Å². The first kappa shape index (κ1) is 25.3. The van der Waals surface area contributed by atoms with E-state index in [0.29, 0.717) is 23.5 Å². The molecule has 6 rings (SSSR count). The molecule has 0 saturated carbocycles. The Hall–Kier alpha value is -3.00. The molecule has 3 saturated heterocycles. The molecular weight excluding hydrogens is 500 g/mol. The summed E-state index contributed by atoms with van der Waals surface area (Å²) in [6.07, 6.45) is 2.38. The summed E-state index contributed by atoms with van der Waals surface area (Å²) in [6.45, 7) is 10.8. The fourth-order valence-corrected chi connectivity index (χ4v) is 7.10. The van der Waals surface area contributed by atoms with Gasteiger partial charge >= 0.3 is 0 Å². The van der Waals surface area contributed by atoms with Gasteiger partial charge in [0.05, 0.1) is 24.3 Å². The Kier molecular flexibility index (Phi) is 6.84. The maximum atomic E-state index is 12.1. The van der Waals surface area contributed by atoms with Crippen molar-refractivity contribution in [2.75, 3.05) is 61.0 Å². The Morgan fingerprint density at radius 1 is 1.18 bits per heavy atom. The number of fused-ring (bicyclic) bond motifs is 2. The second kappa shape index (κ2) is 10.3. The lowest BCUT2D eigenvalue weighted by atomic mass is 9.88. The van der Waals surface area contributed by atoms with Crippen molar-refractivity contribution in [3.63, 3.8) is 0 Å². The second-order valence-electron chi connectivity index (χ2n) is 10.6. The summed E-state index contributed by atoms with van der Waals surface area (Å²) in [5, 5.41) is 3.57. The van der Waals surface area contributed by atoms with Gasteiger partial charge in [-0.05, 0) is 50.3 Å². The molecule has 1 aromatic carbocycles. The molecule has 2 atom stereocenters. The highest BCUT2D eigenvalue weighted by molar-refractivity contribution is 7.91. The number of carbonyl (C=O) groups excluding carboxylic acids is 1. The van der Waals surface area contributed by atoms with Crippen molar-refractivity contribution in [2.45, 2.75) is 45.3 Å². The summed E-state index contributed by atoms with van der Waals surface area (Å²) in [4.78, 5) is 27.9. The second-order valence-corrected chi connectivity index (χ2v) is 12.3. The first-order valence-corrected chi connectivity index (χ1v) is 14.9. The lowest BCUT2D eigenvalue weighted by molar-refractivity contribution is -0.124. The monoisotopic (exact) mass is 534 g/mol. The van der Waals surface area contributed by atoms with Gasteiger partial charge in [0.15, 0.2) is 0 Å². The van der Waals surface area contributed by atoms with Crippen LogP contribution in [0.4, 0.5) is 17.3 Å². The SMILES string of the molecule is CC#CC(=O)N1CCC(N2CC(c3cc(C)c4c(c3)Nc3ncnc(N5CC[S+]([O-])CC5)c3[C@@H](C)O4)C2)C1. The largest absolute Gasteiger partial charge is 0.616 e. The predicted octanol–water partition coefficient (Wildman–Crippen LogP) is 2.57. The third-order valence-electron chi connectivity index (χ3n) is 8.17. The van der Waals surface area contributed by atoms with Crippen molar-refractivity contribution in [1.29, 1.82) is 0 Å². The summed E-state index contributed by atoms with van der Waals surface area (Å²) >= 11 is -0.754. The number of aromatic nitrogens is 2. The molecule has 2 aromatic rings. The van der Waals surface area contributed by atoms with Crippen LogP contribution in [0.2, 0.25) is 0 Å². The Balaban J connectivity index is 1.19. The van der Waals surface area contributed by atoms with E-state index in [1.807, 2.05) is 11.8 Å². The third kappa shape index (κ3) is 4.68. The molecule has 5 heterocycles. The number of benzene rings is 1. The van der Waals surface area contributed by atoms with Crippen molar-refractivity contribution >= 4 is 34.4 Å². The average Bonchev–Trinajstić information content (AvgIpc) is 3.30. The fraction of sp³-hybridized carbons (Fsp3) is 0.536. The molecule has 1 unspecified atom stereocenters. The first-order valence-electron chi connectivity index (χ1n) is 13.4. The van der Waals surface area contributed by atoms with Gasteiger partial charge in [0, 0.05) is 38.1 Å². The molecule has 1 amide bonds. The first-order chi connectivity index (χ1) is 18.4. The van der Waals surface area contributed by atoms with Crippen LogP contribution in [0.15, 0.2) is 18.5 Å². The van der Waals surface area contributed by atoms with Crippen LogP contribution >= 0.6 is 0 Å². The number of hydrogen-bond donors (Lipinski definition) is 1. The summed E-state index contributed by atoms with van der Waals surface area (Å²) in [7, 11) is 0. The highest BCUT2D eigenvalue weighted by Crippen LogP contribution is 2.45. The van der Waals surface area contributed by atoms with Gasteiger partial charge in [-0.15, -0.1) is 0 Å². The molecule has 1 aromatic heterocycles. The maximum Gasteiger partial charge on any atom is 0.298 e. The average molecular weight is 535 g/mol. The number of likely N-dealkylation sites (tertiary alicyclic amines) is 2. The summed E-state index contributed by atoms with van der Waals surface area (Å²) in [6, 6.07) is 4.87. The highest BCUT2D eigenvalue weighted by Gasteiger charge is 2.38. The molecule has 4 aliphatic rings. The fourth-order valence-electron chi connectivity index (χ4n) is 6.04. The van der Waals surface area contributed by atoms with Crippen molar-refractivity contribution < 1.29 is 14.1 Å². The number of amides is 1. The number of hydrogen-bond acceptors (Lipinski definition) is 8. The molecule has 0 bridgehead atoms. The quantitative estimate of drug-likeness (QED) is 0.474. The standard InChI is InChI=1S/C28H34N6O3S/c1-4-5-24(35)33-7-6-22(16-33)34-14-21(15-34)20-12-18(2)26-23(13-20)31-27-25(19(3)37-26)28(30-17-29-27)32-8-10-38(36)11-9-32/h12-13,17,19,21-22H,6-11,14-16H2,1-3H3,(H,29,30,31)/t19-,22?/m1/s1. The maximum absolute atomic E-state index is 12.1. The van der Waals surface area contributed by atoms with E-state index >= 15 is 0 Å². The number of carbonyl (C=O) groups is 1. The van der Waals surface area contributed by atoms with Crippen molar-refractivity contribution in [1.82, 2.24) is 19.8 Å². The van der Waals surface area contributed by atoms with E-state index in [2.05, 4.69) is 56.0 Å². The molecule has 3 fully saturated rings. The van der Waals surface area contributed by atoms with Gasteiger partial charge in [0.2, 0.25) is 0 Å². The smallest absolute Gasteiger partial charge is 0.298 e. The number of nitrogens with one attached hydrogen (secondary N) is 1. The van der Waals surface area contributed by atoms with Crippen LogP contribution in [-0.4, -0.2) is 87.0 Å². The number of nitrogens with zero attached hydrogens (tertiary/aromatic N) is 5. The van der Waals surface area contributed by atoms with E-state index in [1.54, 1.807) is 13.3 Å². The van der Waals surface area contributed by atoms with Crippen LogP contribution in [0.25, 0.3) is 0 Å². The van der Waals surface area contributed by atoms with Gasteiger partial charge in [-0.3, -0.25) is 9.69 Å². The predicted molar refractivity (Wildman–Crippen MR) is 148 cm³/mol. The van der Waals surface area contributed by atoms with Crippen molar-refractivity contribution in [3.8, 4) is 17.6 Å². The molecule has 0 spiro atoms. The van der Waals surface area contributed by atoms with E-state index < -0.39 is 11.2 Å². The van der Waals surface area contributed by atoms with Gasteiger partial charge in [0.25, 0.3) is 5.91 Å². The molecule has 10 heteroatoms. The van der Waals surface area contributed by atoms with Crippen molar-refractivity contribution in [2.24, 2.45) is 0 Å². The molecular formula is C28H34N6O3S. The number of ether oxygens (including phenoxy) is 1. The van der Waals surface area contributed by atoms with Crippen LogP contribution in [0.5, 0.6) is 5.75 Å². The lowest BCUT2D eigenvalue weighted by Gasteiger charge is -2.43. The molecule has 1 N–H and O–H groups in total. The summed E-state index contributed by atoms with van der Waals surface area (Å²) in [5.41, 5.74) is 4.27. The minimum absolute atomic E-state index is 0.0590. The van der Waals surface area contributed by atoms with Crippen LogP contribution in [0, 0.1) is 18.8 Å². The van der Waals surface area contributed by atoms with Crippen LogP contribution < -0.4 is 15.0 Å². The Bertz CT molecular complexity index is 1300. The topological polar surface area (TPSA) is 96.9 Å². The highest BCUT2D eigenvalue weighted by atomic mass is 32.2. The zero-order valence-corrected chi connectivity index (χ0v) is 23.0. The zero-order chi connectivity index (χ0) is 26.4. The van der Waals surface area contributed by atoms with Crippen LogP contribution in [0.3, 0.4) is 0 Å². The number of anilines is 3. The van der Waals surface area contributed by atoms with E-state index in [4.69, 9.17) is 4.74 Å². The zero-order valence-electron chi connectivity index (χ0n) is 22.2. The minimum Gasteiger partial charge on any atom is -0.616 e. The Labute approximate surface area is 227 Å². The number of rotatable bonds is 3. The third-order valence-corrected chi connectivity index (χ3v) is 9.45. The Morgan fingerprint density at radius 2 is 1.97 bits per heavy atom. The van der Waals surface area contributed by atoms with E-state index in [0.717, 1.165) is 79.9 Å². The molecule has 0 aliphatic carbocycles. The summed E-state index contributed by atoms with van der Waals surface area (Å²) < 4.78 is 18.4. The normalized spacial score (nSPS) is 23.8. The van der Waals surface area contributed by atoms with Gasteiger partial charge in [0.1, 0.15) is 41.3 Å². The van der Waals surface area contributed by atoms with Crippen molar-refractivity contribution in [3.05, 3.63) is 35.2 Å².